The fourth-order valence-electron chi connectivity index (χ4n) is 4.81. The largest absolute Gasteiger partial charge is 0.368 e. The summed E-state index contributed by atoms with van der Waals surface area (Å²) in [4.78, 5) is 16.2. The van der Waals surface area contributed by atoms with Crippen LogP contribution in [0.1, 0.15) is 57.6 Å². The number of thioether (sulfide) groups is 1. The van der Waals surface area contributed by atoms with Crippen molar-refractivity contribution >= 4 is 23.4 Å². The maximum Gasteiger partial charge on any atom is 0.228 e. The van der Waals surface area contributed by atoms with Crippen molar-refractivity contribution in [1.29, 1.82) is 0 Å². The van der Waals surface area contributed by atoms with E-state index < -0.39 is 0 Å². The van der Waals surface area contributed by atoms with Gasteiger partial charge >= 0.3 is 0 Å². The van der Waals surface area contributed by atoms with E-state index in [1.54, 1.807) is 0 Å². The molecule has 1 unspecified atom stereocenters. The molecule has 3 nitrogen and oxygen atoms in total. The van der Waals surface area contributed by atoms with Crippen LogP contribution >= 0.6 is 11.8 Å². The summed E-state index contributed by atoms with van der Waals surface area (Å²) in [7, 11) is 2.19. The second kappa shape index (κ2) is 12.8. The number of rotatable bonds is 9. The van der Waals surface area contributed by atoms with E-state index in [1.165, 1.54) is 22.6 Å². The van der Waals surface area contributed by atoms with Crippen LogP contribution in [0.5, 0.6) is 0 Å². The van der Waals surface area contributed by atoms with Gasteiger partial charge in [-0.25, -0.2) is 0 Å². The Balaban J connectivity index is 0.00000167. The molecular formula is C31H40N2OS. The SMILES string of the molecule is C=C(C1C=CC=CC1)N(C)C1(c2ccc(NC(=O)Cc3ccc(SCC)cc3)cc2)CCC1.CC. The van der Waals surface area contributed by atoms with Crippen molar-refractivity contribution in [2.24, 2.45) is 5.92 Å². The quantitative estimate of drug-likeness (QED) is 0.363. The summed E-state index contributed by atoms with van der Waals surface area (Å²) >= 11 is 1.81. The van der Waals surface area contributed by atoms with Crippen LogP contribution < -0.4 is 5.32 Å². The number of nitrogens with one attached hydrogen (secondary N) is 1. The Morgan fingerprint density at radius 3 is 2.31 bits per heavy atom. The number of hydrogen-bond acceptors (Lipinski definition) is 3. The minimum absolute atomic E-state index is 0.00682. The monoisotopic (exact) mass is 488 g/mol. The van der Waals surface area contributed by atoms with Crippen molar-refractivity contribution in [2.45, 2.75) is 63.3 Å². The molecule has 4 heteroatoms. The maximum atomic E-state index is 12.6. The third-order valence-electron chi connectivity index (χ3n) is 6.97. The number of allylic oxidation sites excluding steroid dienone is 4. The summed E-state index contributed by atoms with van der Waals surface area (Å²) in [5.41, 5.74) is 4.36. The van der Waals surface area contributed by atoms with Crippen molar-refractivity contribution in [3.8, 4) is 0 Å². The molecule has 2 aliphatic rings. The summed E-state index contributed by atoms with van der Waals surface area (Å²) in [5.74, 6) is 1.43. The highest BCUT2D eigenvalue weighted by Crippen LogP contribution is 2.48. The van der Waals surface area contributed by atoms with Crippen LogP contribution in [0.15, 0.2) is 90.0 Å². The maximum absolute atomic E-state index is 12.6. The molecule has 1 saturated carbocycles. The Hall–Kier alpha value is -2.72. The van der Waals surface area contributed by atoms with Gasteiger partial charge in [0.25, 0.3) is 0 Å². The predicted octanol–water partition coefficient (Wildman–Crippen LogP) is 7.96. The summed E-state index contributed by atoms with van der Waals surface area (Å²) < 4.78 is 0. The van der Waals surface area contributed by atoms with Crippen LogP contribution in [0.2, 0.25) is 0 Å². The number of hydrogen-bond donors (Lipinski definition) is 1. The van der Waals surface area contributed by atoms with Gasteiger partial charge in [-0.3, -0.25) is 4.79 Å². The standard InChI is InChI=1S/C29H34N2OS.C2H6/c1-4-33-27-17-11-23(12-18-27)21-28(32)30-26-15-13-25(14-16-26)29(19-8-20-29)31(3)22(2)24-9-6-5-7-10-24;1-2/h5-7,9,11-18,24H,2,4,8,10,19-21H2,1,3H3,(H,30,32);1-2H3. The topological polar surface area (TPSA) is 32.3 Å². The predicted molar refractivity (Wildman–Crippen MR) is 152 cm³/mol. The second-order valence-corrected chi connectivity index (χ2v) is 10.3. The molecule has 0 heterocycles. The molecule has 0 aromatic heterocycles. The van der Waals surface area contributed by atoms with Gasteiger partial charge in [-0.05, 0) is 66.8 Å². The number of carbonyl (C=O) groups is 1. The smallest absolute Gasteiger partial charge is 0.228 e. The van der Waals surface area contributed by atoms with Gasteiger partial charge in [0.15, 0.2) is 0 Å². The average molecular weight is 489 g/mol. The Labute approximate surface area is 216 Å². The van der Waals surface area contributed by atoms with Gasteiger partial charge in [-0.15, -0.1) is 11.8 Å². The van der Waals surface area contributed by atoms with Crippen molar-refractivity contribution in [3.63, 3.8) is 0 Å². The van der Waals surface area contributed by atoms with Crippen molar-refractivity contribution in [3.05, 3.63) is 96.2 Å². The molecule has 2 aromatic carbocycles. The number of nitrogens with zero attached hydrogens (tertiary/aromatic N) is 1. The molecule has 2 aliphatic carbocycles. The zero-order chi connectivity index (χ0) is 25.3. The highest BCUT2D eigenvalue weighted by Gasteiger charge is 2.43. The lowest BCUT2D eigenvalue weighted by Gasteiger charge is -2.52. The molecular weight excluding hydrogens is 448 g/mol. The van der Waals surface area contributed by atoms with Crippen molar-refractivity contribution < 1.29 is 4.79 Å². The van der Waals surface area contributed by atoms with Gasteiger partial charge in [-0.2, -0.15) is 0 Å². The number of amides is 1. The van der Waals surface area contributed by atoms with Crippen LogP contribution in [0.25, 0.3) is 0 Å². The van der Waals surface area contributed by atoms with Gasteiger partial charge in [0.1, 0.15) is 0 Å². The van der Waals surface area contributed by atoms with Gasteiger partial charge in [0, 0.05) is 29.2 Å². The highest BCUT2D eigenvalue weighted by molar-refractivity contribution is 7.99. The van der Waals surface area contributed by atoms with Crippen LogP contribution in [0.3, 0.4) is 0 Å². The average Bonchev–Trinajstić information content (AvgIpc) is 2.87. The van der Waals surface area contributed by atoms with E-state index in [0.29, 0.717) is 12.3 Å². The first kappa shape index (κ1) is 26.9. The minimum atomic E-state index is 0.00682. The molecule has 1 fully saturated rings. The minimum Gasteiger partial charge on any atom is -0.368 e. The Bertz CT molecular complexity index is 1030. The van der Waals surface area contributed by atoms with Crippen LogP contribution in [0.4, 0.5) is 5.69 Å². The Kier molecular flexibility index (Phi) is 9.85. The summed E-state index contributed by atoms with van der Waals surface area (Å²) in [6.07, 6.45) is 13.6. The van der Waals surface area contributed by atoms with Crippen LogP contribution in [-0.4, -0.2) is 23.6 Å². The third kappa shape index (κ3) is 6.49. The van der Waals surface area contributed by atoms with Crippen LogP contribution in [-0.2, 0) is 16.8 Å². The molecule has 35 heavy (non-hydrogen) atoms. The summed E-state index contributed by atoms with van der Waals surface area (Å²) in [6.45, 7) is 10.6. The van der Waals surface area contributed by atoms with Gasteiger partial charge < -0.3 is 10.2 Å². The van der Waals surface area contributed by atoms with Gasteiger partial charge in [-0.1, -0.05) is 75.9 Å². The van der Waals surface area contributed by atoms with E-state index in [-0.39, 0.29) is 11.4 Å². The lowest BCUT2D eigenvalue weighted by atomic mass is 9.70. The first-order chi connectivity index (χ1) is 17.0. The molecule has 0 bridgehead atoms. The third-order valence-corrected chi connectivity index (χ3v) is 7.86. The van der Waals surface area contributed by atoms with Crippen molar-refractivity contribution in [2.75, 3.05) is 18.1 Å². The molecule has 2 aromatic rings. The zero-order valence-corrected chi connectivity index (χ0v) is 22.5. The molecule has 1 N–H and O–H groups in total. The van der Waals surface area contributed by atoms with Crippen LogP contribution in [0, 0.1) is 5.92 Å². The molecule has 1 atom stereocenters. The summed E-state index contributed by atoms with van der Waals surface area (Å²) in [5, 5.41) is 3.06. The fourth-order valence-corrected chi connectivity index (χ4v) is 5.47. The fraction of sp³-hybridized carbons (Fsp3) is 0.387. The van der Waals surface area contributed by atoms with Gasteiger partial charge in [0.2, 0.25) is 5.91 Å². The first-order valence-corrected chi connectivity index (χ1v) is 13.9. The summed E-state index contributed by atoms with van der Waals surface area (Å²) in [6, 6.07) is 16.7. The Morgan fingerprint density at radius 1 is 1.09 bits per heavy atom. The van der Waals surface area contributed by atoms with E-state index in [4.69, 9.17) is 0 Å². The van der Waals surface area contributed by atoms with E-state index in [9.17, 15) is 4.79 Å². The first-order valence-electron chi connectivity index (χ1n) is 12.9. The molecule has 186 valence electrons. The Morgan fingerprint density at radius 2 is 1.77 bits per heavy atom. The molecule has 1 amide bonds. The van der Waals surface area contributed by atoms with Gasteiger partial charge in [0.05, 0.1) is 12.0 Å². The highest BCUT2D eigenvalue weighted by atomic mass is 32.2. The van der Waals surface area contributed by atoms with Crippen molar-refractivity contribution in [1.82, 2.24) is 4.90 Å². The second-order valence-electron chi connectivity index (χ2n) is 8.97. The molecule has 0 spiro atoms. The molecule has 0 radical (unpaired) electrons. The normalized spacial score (nSPS) is 17.5. The number of anilines is 1. The lowest BCUT2D eigenvalue weighted by molar-refractivity contribution is -0.115. The van der Waals surface area contributed by atoms with E-state index >= 15 is 0 Å². The molecule has 0 saturated heterocycles. The lowest BCUT2D eigenvalue weighted by Crippen LogP contribution is -2.49. The molecule has 4 rings (SSSR count). The van der Waals surface area contributed by atoms with E-state index in [2.05, 4.69) is 79.3 Å². The van der Waals surface area contributed by atoms with E-state index in [1.807, 2.05) is 49.9 Å². The molecule has 0 aliphatic heterocycles. The zero-order valence-electron chi connectivity index (χ0n) is 21.7. The number of carbonyl (C=O) groups excluding carboxylic acids is 1. The van der Waals surface area contributed by atoms with E-state index in [0.717, 1.165) is 36.3 Å². The number of benzene rings is 2.